The van der Waals surface area contributed by atoms with Gasteiger partial charge in [-0.2, -0.15) is 11.8 Å². The van der Waals surface area contributed by atoms with Gasteiger partial charge in [-0.25, -0.2) is 0 Å². The molecule has 16 heavy (non-hydrogen) atoms. The van der Waals surface area contributed by atoms with Crippen LogP contribution in [-0.2, 0) is 0 Å². The van der Waals surface area contributed by atoms with E-state index in [0.29, 0.717) is 17.8 Å². The Morgan fingerprint density at radius 2 is 2.44 bits per heavy atom. The van der Waals surface area contributed by atoms with Gasteiger partial charge in [0.05, 0.1) is 11.3 Å². The van der Waals surface area contributed by atoms with Crippen molar-refractivity contribution in [1.29, 1.82) is 0 Å². The highest BCUT2D eigenvalue weighted by Gasteiger charge is 2.09. The van der Waals surface area contributed by atoms with Gasteiger partial charge in [0.2, 0.25) is 0 Å². The lowest BCUT2D eigenvalue weighted by Crippen LogP contribution is -2.26. The fourth-order valence-corrected chi connectivity index (χ4v) is 1.65. The molecule has 1 rings (SSSR count). The van der Waals surface area contributed by atoms with Crippen molar-refractivity contribution in [2.24, 2.45) is 5.84 Å². The summed E-state index contributed by atoms with van der Waals surface area (Å²) in [7, 11) is 0. The van der Waals surface area contributed by atoms with E-state index in [-0.39, 0.29) is 5.91 Å². The molecule has 88 valence electrons. The number of amides is 1. The minimum atomic E-state index is -0.151. The molecule has 0 saturated heterocycles. The number of hydrogen-bond acceptors (Lipinski definition) is 5. The topological polar surface area (TPSA) is 80.0 Å². The van der Waals surface area contributed by atoms with Gasteiger partial charge in [-0.05, 0) is 24.5 Å². The van der Waals surface area contributed by atoms with E-state index in [0.717, 1.165) is 12.2 Å². The van der Waals surface area contributed by atoms with Crippen molar-refractivity contribution in [2.75, 3.05) is 24.0 Å². The first-order valence-corrected chi connectivity index (χ1v) is 6.36. The maximum atomic E-state index is 11.7. The van der Waals surface area contributed by atoms with Crippen molar-refractivity contribution in [3.05, 3.63) is 24.0 Å². The predicted molar refractivity (Wildman–Crippen MR) is 67.4 cm³/mol. The van der Waals surface area contributed by atoms with Crippen LogP contribution >= 0.6 is 11.8 Å². The van der Waals surface area contributed by atoms with Crippen LogP contribution in [0.5, 0.6) is 0 Å². The van der Waals surface area contributed by atoms with Crippen LogP contribution in [0.25, 0.3) is 0 Å². The maximum absolute atomic E-state index is 11.7. The molecule has 0 aliphatic heterocycles. The van der Waals surface area contributed by atoms with Gasteiger partial charge >= 0.3 is 0 Å². The van der Waals surface area contributed by atoms with Crippen LogP contribution in [0.1, 0.15) is 16.8 Å². The second-order valence-corrected chi connectivity index (χ2v) is 4.15. The number of anilines is 1. The summed E-state index contributed by atoms with van der Waals surface area (Å²) < 4.78 is 0. The van der Waals surface area contributed by atoms with E-state index in [1.807, 2.05) is 6.26 Å². The Bertz CT molecular complexity index is 345. The molecule has 5 nitrogen and oxygen atoms in total. The summed E-state index contributed by atoms with van der Waals surface area (Å²) in [5.41, 5.74) is 3.52. The van der Waals surface area contributed by atoms with Gasteiger partial charge in [-0.3, -0.25) is 15.6 Å². The van der Waals surface area contributed by atoms with Crippen LogP contribution in [0.3, 0.4) is 0 Å². The smallest absolute Gasteiger partial charge is 0.255 e. The first-order chi connectivity index (χ1) is 7.79. The highest BCUT2D eigenvalue weighted by atomic mass is 32.2. The van der Waals surface area contributed by atoms with Crippen molar-refractivity contribution >= 4 is 23.4 Å². The van der Waals surface area contributed by atoms with E-state index >= 15 is 0 Å². The number of nitrogen functional groups attached to an aromatic ring is 1. The zero-order chi connectivity index (χ0) is 11.8. The number of hydrogen-bond donors (Lipinski definition) is 3. The third-order valence-electron chi connectivity index (χ3n) is 2.03. The molecule has 0 fully saturated rings. The van der Waals surface area contributed by atoms with Gasteiger partial charge in [-0.15, -0.1) is 0 Å². The largest absolute Gasteiger partial charge is 0.352 e. The quantitative estimate of drug-likeness (QED) is 0.390. The fourth-order valence-electron chi connectivity index (χ4n) is 1.21. The number of carbonyl (C=O) groups is 1. The number of hydrazine groups is 1. The molecule has 6 heteroatoms. The Morgan fingerprint density at radius 3 is 3.12 bits per heavy atom. The summed E-state index contributed by atoms with van der Waals surface area (Å²) in [4.78, 5) is 15.6. The molecule has 0 atom stereocenters. The molecule has 1 heterocycles. The Morgan fingerprint density at radius 1 is 1.62 bits per heavy atom. The summed E-state index contributed by atoms with van der Waals surface area (Å²) in [5, 5.41) is 2.82. The van der Waals surface area contributed by atoms with E-state index in [2.05, 4.69) is 15.7 Å². The average molecular weight is 240 g/mol. The van der Waals surface area contributed by atoms with Crippen molar-refractivity contribution in [2.45, 2.75) is 6.42 Å². The Kier molecular flexibility index (Phi) is 5.66. The summed E-state index contributed by atoms with van der Waals surface area (Å²) in [5.74, 6) is 6.19. The third kappa shape index (κ3) is 3.71. The van der Waals surface area contributed by atoms with Crippen molar-refractivity contribution in [3.8, 4) is 0 Å². The molecule has 1 aromatic rings. The zero-order valence-electron chi connectivity index (χ0n) is 9.19. The standard InChI is InChI=1S/C10H16N4OS/c1-16-6-2-4-13-10(15)8-7-12-5-3-9(8)14-11/h3,5,7H,2,4,6,11H2,1H3,(H,12,14)(H,13,15). The van der Waals surface area contributed by atoms with E-state index in [1.165, 1.54) is 6.20 Å². The Hall–Kier alpha value is -1.27. The van der Waals surface area contributed by atoms with Crippen LogP contribution in [0, 0.1) is 0 Å². The monoisotopic (exact) mass is 240 g/mol. The molecular formula is C10H16N4OS. The Labute approximate surface area is 99.2 Å². The molecule has 0 aromatic carbocycles. The molecule has 0 aliphatic rings. The second-order valence-electron chi connectivity index (χ2n) is 3.17. The number of nitrogens with two attached hydrogens (primary N) is 1. The molecule has 0 aliphatic carbocycles. The van der Waals surface area contributed by atoms with E-state index < -0.39 is 0 Å². The first kappa shape index (κ1) is 12.8. The minimum absolute atomic E-state index is 0.151. The number of carbonyl (C=O) groups excluding carboxylic acids is 1. The lowest BCUT2D eigenvalue weighted by Gasteiger charge is -2.08. The van der Waals surface area contributed by atoms with Gasteiger partial charge in [0.1, 0.15) is 0 Å². The van der Waals surface area contributed by atoms with Crippen LogP contribution in [0.4, 0.5) is 5.69 Å². The van der Waals surface area contributed by atoms with Crippen LogP contribution < -0.4 is 16.6 Å². The van der Waals surface area contributed by atoms with Gasteiger partial charge in [0.15, 0.2) is 0 Å². The predicted octanol–water partition coefficient (Wildman–Crippen LogP) is 0.850. The average Bonchev–Trinajstić information content (AvgIpc) is 2.34. The summed E-state index contributed by atoms with van der Waals surface area (Å²) in [6, 6.07) is 1.66. The van der Waals surface area contributed by atoms with Gasteiger partial charge in [0.25, 0.3) is 5.91 Å². The number of rotatable bonds is 6. The normalized spacial score (nSPS) is 9.88. The number of nitrogens with one attached hydrogen (secondary N) is 2. The number of thioether (sulfide) groups is 1. The molecule has 0 radical (unpaired) electrons. The SMILES string of the molecule is CSCCCNC(=O)c1cnccc1NN. The molecule has 0 spiro atoms. The van der Waals surface area contributed by atoms with E-state index in [4.69, 9.17) is 5.84 Å². The van der Waals surface area contributed by atoms with Crippen LogP contribution in [-0.4, -0.2) is 29.4 Å². The number of aromatic nitrogens is 1. The van der Waals surface area contributed by atoms with Crippen molar-refractivity contribution < 1.29 is 4.79 Å². The van der Waals surface area contributed by atoms with Gasteiger partial charge < -0.3 is 10.7 Å². The molecule has 1 aromatic heterocycles. The lowest BCUT2D eigenvalue weighted by atomic mass is 10.2. The Balaban J connectivity index is 2.52. The van der Waals surface area contributed by atoms with Crippen LogP contribution in [0.2, 0.25) is 0 Å². The van der Waals surface area contributed by atoms with Crippen molar-refractivity contribution in [1.82, 2.24) is 10.3 Å². The fraction of sp³-hybridized carbons (Fsp3) is 0.400. The maximum Gasteiger partial charge on any atom is 0.255 e. The van der Waals surface area contributed by atoms with Gasteiger partial charge in [-0.1, -0.05) is 0 Å². The number of pyridine rings is 1. The summed E-state index contributed by atoms with van der Waals surface area (Å²) in [6.45, 7) is 0.665. The third-order valence-corrected chi connectivity index (χ3v) is 2.73. The molecule has 0 unspecified atom stereocenters. The number of nitrogens with zero attached hydrogens (tertiary/aromatic N) is 1. The molecule has 1 amide bonds. The van der Waals surface area contributed by atoms with Crippen molar-refractivity contribution in [3.63, 3.8) is 0 Å². The van der Waals surface area contributed by atoms with Gasteiger partial charge in [0, 0.05) is 18.9 Å². The summed E-state index contributed by atoms with van der Waals surface area (Å²) >= 11 is 1.76. The highest BCUT2D eigenvalue weighted by molar-refractivity contribution is 7.98. The van der Waals surface area contributed by atoms with E-state index in [1.54, 1.807) is 24.0 Å². The lowest BCUT2D eigenvalue weighted by molar-refractivity contribution is 0.0954. The summed E-state index contributed by atoms with van der Waals surface area (Å²) in [6.07, 6.45) is 6.08. The molecule has 0 bridgehead atoms. The first-order valence-electron chi connectivity index (χ1n) is 4.97. The second kappa shape index (κ2) is 7.08. The zero-order valence-corrected chi connectivity index (χ0v) is 10.0. The molecule has 0 saturated carbocycles. The van der Waals surface area contributed by atoms with E-state index in [9.17, 15) is 4.79 Å². The molecular weight excluding hydrogens is 224 g/mol. The molecule has 4 N–H and O–H groups in total. The van der Waals surface area contributed by atoms with Crippen LogP contribution in [0.15, 0.2) is 18.5 Å². The minimum Gasteiger partial charge on any atom is -0.352 e. The highest BCUT2D eigenvalue weighted by Crippen LogP contribution is 2.11.